The van der Waals surface area contributed by atoms with Crippen LogP contribution < -0.4 is 14.9 Å². The highest BCUT2D eigenvalue weighted by atomic mass is 79.9. The van der Waals surface area contributed by atoms with Gasteiger partial charge in [-0.25, -0.2) is 0 Å². The van der Waals surface area contributed by atoms with Gasteiger partial charge in [0.15, 0.2) is 11.5 Å². The van der Waals surface area contributed by atoms with E-state index >= 15 is 0 Å². The number of nitrogens with zero attached hydrogens (tertiary/aromatic N) is 2. The Morgan fingerprint density at radius 1 is 1.23 bits per heavy atom. The predicted molar refractivity (Wildman–Crippen MR) is 88.6 cm³/mol. The molecular weight excluding hydrogens is 346 g/mol. The molecule has 4 aliphatic rings. The second-order valence-corrected chi connectivity index (χ2v) is 6.90. The van der Waals surface area contributed by atoms with E-state index in [1.54, 1.807) is 14.2 Å². The van der Waals surface area contributed by atoms with Crippen molar-refractivity contribution in [1.82, 2.24) is 10.3 Å². The first-order valence-corrected chi connectivity index (χ1v) is 8.51. The Bertz CT molecular complexity index is 626. The third kappa shape index (κ3) is 1.97. The molecule has 1 aromatic carbocycles. The molecule has 5 nitrogen and oxygen atoms in total. The minimum atomic E-state index is 0.173. The molecule has 2 unspecified atom stereocenters. The molecule has 5 rings (SSSR count). The van der Waals surface area contributed by atoms with Gasteiger partial charge in [-0.15, -0.1) is 0 Å². The summed E-state index contributed by atoms with van der Waals surface area (Å²) in [5.74, 6) is 2.14. The molecule has 118 valence electrons. The lowest BCUT2D eigenvalue weighted by molar-refractivity contribution is 0.133. The Morgan fingerprint density at radius 2 is 2.00 bits per heavy atom. The van der Waals surface area contributed by atoms with E-state index in [2.05, 4.69) is 37.4 Å². The lowest BCUT2D eigenvalue weighted by atomic mass is 9.78. The number of rotatable bonds is 3. The van der Waals surface area contributed by atoms with Gasteiger partial charge in [0, 0.05) is 5.92 Å². The first-order chi connectivity index (χ1) is 10.7. The maximum atomic E-state index is 5.51. The minimum Gasteiger partial charge on any atom is -0.493 e. The van der Waals surface area contributed by atoms with Crippen LogP contribution in [0.5, 0.6) is 11.5 Å². The summed E-state index contributed by atoms with van der Waals surface area (Å²) >= 11 is 3.70. The van der Waals surface area contributed by atoms with Gasteiger partial charge < -0.3 is 14.9 Å². The molecule has 1 N–H and O–H groups in total. The zero-order valence-corrected chi connectivity index (χ0v) is 14.4. The van der Waals surface area contributed by atoms with Crippen LogP contribution in [0.25, 0.3) is 0 Å². The van der Waals surface area contributed by atoms with Crippen molar-refractivity contribution < 1.29 is 9.47 Å². The molecule has 4 heterocycles. The fourth-order valence-corrected chi connectivity index (χ4v) is 4.78. The summed E-state index contributed by atoms with van der Waals surface area (Å²) in [6.45, 7) is 2.36. The molecule has 0 amide bonds. The second kappa shape index (κ2) is 5.42. The molecule has 3 fully saturated rings. The van der Waals surface area contributed by atoms with Gasteiger partial charge in [0.2, 0.25) is 0 Å². The Morgan fingerprint density at radius 3 is 2.68 bits per heavy atom. The molecule has 22 heavy (non-hydrogen) atoms. The summed E-state index contributed by atoms with van der Waals surface area (Å²) in [7, 11) is 3.33. The van der Waals surface area contributed by atoms with Gasteiger partial charge in [0.25, 0.3) is 0 Å². The number of nitrogens with one attached hydrogen (secondary N) is 1. The maximum Gasteiger partial charge on any atom is 0.175 e. The van der Waals surface area contributed by atoms with Crippen LogP contribution >= 0.6 is 15.9 Å². The number of hydrazone groups is 1. The topological polar surface area (TPSA) is 46.1 Å². The van der Waals surface area contributed by atoms with E-state index in [0.717, 1.165) is 16.0 Å². The monoisotopic (exact) mass is 365 g/mol. The van der Waals surface area contributed by atoms with Crippen molar-refractivity contribution in [1.29, 1.82) is 0 Å². The second-order valence-electron chi connectivity index (χ2n) is 6.10. The van der Waals surface area contributed by atoms with Crippen LogP contribution in [0.3, 0.4) is 0 Å². The molecule has 3 saturated heterocycles. The fraction of sp³-hybridized carbons (Fsp3) is 0.562. The number of fused-ring (bicyclic) bond motifs is 2. The lowest BCUT2D eigenvalue weighted by Crippen LogP contribution is -2.56. The number of ether oxygens (including phenoxy) is 2. The maximum absolute atomic E-state index is 5.51. The Hall–Kier alpha value is -1.27. The van der Waals surface area contributed by atoms with E-state index in [1.165, 1.54) is 37.2 Å². The summed E-state index contributed by atoms with van der Waals surface area (Å²) in [5.41, 5.74) is 5.88. The SMILES string of the molecule is COc1ccc(C2NN=C3C4CCN(CC4)C32)c(Br)c1OC. The average molecular weight is 366 g/mol. The molecule has 2 atom stereocenters. The van der Waals surface area contributed by atoms with E-state index in [-0.39, 0.29) is 6.04 Å². The first-order valence-electron chi connectivity index (χ1n) is 7.72. The van der Waals surface area contributed by atoms with E-state index < -0.39 is 0 Å². The van der Waals surface area contributed by atoms with Gasteiger partial charge in [0.05, 0.1) is 36.5 Å². The Kier molecular flexibility index (Phi) is 3.53. The predicted octanol–water partition coefficient (Wildman–Crippen LogP) is 2.56. The summed E-state index contributed by atoms with van der Waals surface area (Å²) in [4.78, 5) is 2.56. The molecular formula is C16H20BrN3O2. The highest BCUT2D eigenvalue weighted by molar-refractivity contribution is 9.10. The quantitative estimate of drug-likeness (QED) is 0.893. The molecule has 0 radical (unpaired) electrons. The van der Waals surface area contributed by atoms with Crippen LogP contribution in [0.2, 0.25) is 0 Å². The molecule has 0 aromatic heterocycles. The van der Waals surface area contributed by atoms with Crippen LogP contribution in [0.1, 0.15) is 24.4 Å². The minimum absolute atomic E-state index is 0.173. The van der Waals surface area contributed by atoms with Crippen LogP contribution in [0.4, 0.5) is 0 Å². The fourth-order valence-electron chi connectivity index (χ4n) is 4.04. The zero-order chi connectivity index (χ0) is 15.3. The van der Waals surface area contributed by atoms with E-state index in [1.807, 2.05) is 6.07 Å². The van der Waals surface area contributed by atoms with Crippen molar-refractivity contribution in [2.45, 2.75) is 24.9 Å². The van der Waals surface area contributed by atoms with E-state index in [4.69, 9.17) is 9.47 Å². The summed E-state index contributed by atoms with van der Waals surface area (Å²) in [6.07, 6.45) is 2.49. The number of hydrogen-bond acceptors (Lipinski definition) is 5. The van der Waals surface area contributed by atoms with Crippen molar-refractivity contribution in [2.75, 3.05) is 27.3 Å². The Labute approximate surface area is 138 Å². The number of halogens is 1. The van der Waals surface area contributed by atoms with Gasteiger partial charge in [-0.2, -0.15) is 5.10 Å². The Balaban J connectivity index is 1.72. The molecule has 0 spiro atoms. The standard InChI is InChI=1S/C16H20BrN3O2/c1-21-11-4-3-10(12(17)16(11)22-2)14-15-13(18-19-14)9-5-7-20(15)8-6-9/h3-4,9,14-15,19H,5-8H2,1-2H3. The van der Waals surface area contributed by atoms with Gasteiger partial charge in [-0.1, -0.05) is 6.07 Å². The number of hydrogen-bond donors (Lipinski definition) is 1. The van der Waals surface area contributed by atoms with Crippen LogP contribution in [-0.4, -0.2) is 44.0 Å². The third-order valence-electron chi connectivity index (χ3n) is 5.14. The summed E-state index contributed by atoms with van der Waals surface area (Å²) < 4.78 is 11.8. The largest absolute Gasteiger partial charge is 0.493 e. The average Bonchev–Trinajstić information content (AvgIpc) is 3.02. The van der Waals surface area contributed by atoms with Crippen molar-refractivity contribution in [3.8, 4) is 11.5 Å². The van der Waals surface area contributed by atoms with Crippen LogP contribution in [-0.2, 0) is 0 Å². The third-order valence-corrected chi connectivity index (χ3v) is 5.96. The van der Waals surface area contributed by atoms with Gasteiger partial charge in [-0.3, -0.25) is 4.90 Å². The molecule has 1 aromatic rings. The van der Waals surface area contributed by atoms with Crippen molar-refractivity contribution >= 4 is 21.6 Å². The van der Waals surface area contributed by atoms with Crippen molar-refractivity contribution in [3.63, 3.8) is 0 Å². The van der Waals surface area contributed by atoms with Gasteiger partial charge in [0.1, 0.15) is 0 Å². The molecule has 0 aliphatic carbocycles. The van der Waals surface area contributed by atoms with Gasteiger partial charge in [-0.05, 0) is 53.5 Å². The van der Waals surface area contributed by atoms with Crippen LogP contribution in [0.15, 0.2) is 21.7 Å². The molecule has 2 bridgehead atoms. The highest BCUT2D eigenvalue weighted by Gasteiger charge is 2.47. The molecule has 4 aliphatic heterocycles. The smallest absolute Gasteiger partial charge is 0.175 e. The summed E-state index contributed by atoms with van der Waals surface area (Å²) in [5, 5.41) is 4.67. The highest BCUT2D eigenvalue weighted by Crippen LogP contribution is 2.45. The van der Waals surface area contributed by atoms with E-state index in [0.29, 0.717) is 12.0 Å². The van der Waals surface area contributed by atoms with E-state index in [9.17, 15) is 0 Å². The number of piperidine rings is 3. The molecule has 0 saturated carbocycles. The summed E-state index contributed by atoms with van der Waals surface area (Å²) in [6, 6.07) is 4.62. The first kappa shape index (κ1) is 14.3. The lowest BCUT2D eigenvalue weighted by Gasteiger charge is -2.45. The number of benzene rings is 1. The van der Waals surface area contributed by atoms with Crippen LogP contribution in [0, 0.1) is 5.92 Å². The van der Waals surface area contributed by atoms with Crippen molar-refractivity contribution in [2.24, 2.45) is 11.0 Å². The molecule has 6 heteroatoms. The normalized spacial score (nSPS) is 32.2. The van der Waals surface area contributed by atoms with Crippen molar-refractivity contribution in [3.05, 3.63) is 22.2 Å². The number of methoxy groups -OCH3 is 2. The zero-order valence-electron chi connectivity index (χ0n) is 12.8. The van der Waals surface area contributed by atoms with Gasteiger partial charge >= 0.3 is 0 Å².